The van der Waals surface area contributed by atoms with Crippen molar-refractivity contribution in [3.63, 3.8) is 0 Å². The molecule has 1 fully saturated rings. The largest absolute Gasteiger partial charge is 0.434 e. The quantitative estimate of drug-likeness (QED) is 0.819. The Morgan fingerprint density at radius 3 is 2.85 bits per heavy atom. The molecule has 0 aliphatic carbocycles. The molecular formula is C13H19F3N2OS. The minimum Gasteiger partial charge on any atom is -0.381 e. The first-order chi connectivity index (χ1) is 9.50. The maximum Gasteiger partial charge on any atom is 0.434 e. The summed E-state index contributed by atoms with van der Waals surface area (Å²) >= 11 is 1.17. The van der Waals surface area contributed by atoms with Crippen LogP contribution in [0.25, 0.3) is 0 Å². The van der Waals surface area contributed by atoms with Crippen LogP contribution < -0.4 is 5.32 Å². The Bertz CT molecular complexity index is 428. The molecule has 1 unspecified atom stereocenters. The molecule has 3 nitrogen and oxygen atoms in total. The Morgan fingerprint density at radius 1 is 1.45 bits per heavy atom. The molecule has 0 bridgehead atoms. The van der Waals surface area contributed by atoms with Crippen LogP contribution in [0.5, 0.6) is 0 Å². The zero-order valence-corrected chi connectivity index (χ0v) is 12.2. The van der Waals surface area contributed by atoms with Gasteiger partial charge in [-0.05, 0) is 25.3 Å². The molecular weight excluding hydrogens is 289 g/mol. The molecule has 1 aromatic rings. The van der Waals surface area contributed by atoms with E-state index in [0.29, 0.717) is 42.0 Å². The molecule has 1 aliphatic rings. The van der Waals surface area contributed by atoms with E-state index in [2.05, 4.69) is 10.3 Å². The van der Waals surface area contributed by atoms with Crippen LogP contribution in [0.3, 0.4) is 0 Å². The minimum absolute atomic E-state index is 0.238. The summed E-state index contributed by atoms with van der Waals surface area (Å²) in [6.45, 7) is 4.26. The SMILES string of the molecule is CCCNCc1sc(CC2CCOC2)nc1C(F)(F)F. The third kappa shape index (κ3) is 4.17. The van der Waals surface area contributed by atoms with E-state index < -0.39 is 11.9 Å². The zero-order valence-electron chi connectivity index (χ0n) is 11.4. The number of ether oxygens (including phenoxy) is 1. The van der Waals surface area contributed by atoms with Crippen molar-refractivity contribution < 1.29 is 17.9 Å². The lowest BCUT2D eigenvalue weighted by atomic mass is 10.1. The highest BCUT2D eigenvalue weighted by molar-refractivity contribution is 7.11. The molecule has 1 atom stereocenters. The average Bonchev–Trinajstić information content (AvgIpc) is 2.99. The summed E-state index contributed by atoms with van der Waals surface area (Å²) < 4.78 is 44.2. The first-order valence-corrected chi connectivity index (χ1v) is 7.66. The molecule has 2 heterocycles. The van der Waals surface area contributed by atoms with Gasteiger partial charge in [-0.25, -0.2) is 4.98 Å². The Balaban J connectivity index is 2.08. The highest BCUT2D eigenvalue weighted by Crippen LogP contribution is 2.35. The Morgan fingerprint density at radius 2 is 2.25 bits per heavy atom. The molecule has 1 N–H and O–H groups in total. The van der Waals surface area contributed by atoms with Crippen LogP contribution in [0, 0.1) is 5.92 Å². The first-order valence-electron chi connectivity index (χ1n) is 6.85. The highest BCUT2D eigenvalue weighted by Gasteiger charge is 2.37. The number of halogens is 3. The number of nitrogens with one attached hydrogen (secondary N) is 1. The van der Waals surface area contributed by atoms with Crippen molar-refractivity contribution in [2.45, 2.75) is 38.9 Å². The van der Waals surface area contributed by atoms with Gasteiger partial charge in [0.05, 0.1) is 9.88 Å². The van der Waals surface area contributed by atoms with Crippen LogP contribution in [0.4, 0.5) is 13.2 Å². The molecule has 0 amide bonds. The molecule has 0 saturated carbocycles. The van der Waals surface area contributed by atoms with Crippen molar-refractivity contribution in [2.24, 2.45) is 5.92 Å². The van der Waals surface area contributed by atoms with Crippen molar-refractivity contribution in [3.8, 4) is 0 Å². The van der Waals surface area contributed by atoms with Crippen LogP contribution in [0.2, 0.25) is 0 Å². The van der Waals surface area contributed by atoms with Gasteiger partial charge >= 0.3 is 6.18 Å². The lowest BCUT2D eigenvalue weighted by Crippen LogP contribution is -2.17. The molecule has 0 radical (unpaired) electrons. The van der Waals surface area contributed by atoms with Crippen LogP contribution in [-0.2, 0) is 23.9 Å². The number of nitrogens with zero attached hydrogens (tertiary/aromatic N) is 1. The van der Waals surface area contributed by atoms with Gasteiger partial charge in [0, 0.05) is 26.2 Å². The Labute approximate surface area is 120 Å². The lowest BCUT2D eigenvalue weighted by molar-refractivity contribution is -0.141. The normalized spacial score (nSPS) is 19.7. The van der Waals surface area contributed by atoms with E-state index in [-0.39, 0.29) is 6.54 Å². The number of hydrogen-bond acceptors (Lipinski definition) is 4. The van der Waals surface area contributed by atoms with Crippen LogP contribution in [0.15, 0.2) is 0 Å². The van der Waals surface area contributed by atoms with Gasteiger partial charge in [-0.3, -0.25) is 0 Å². The van der Waals surface area contributed by atoms with Gasteiger partial charge in [-0.1, -0.05) is 6.92 Å². The number of rotatable bonds is 6. The van der Waals surface area contributed by atoms with Crippen molar-refractivity contribution in [1.29, 1.82) is 0 Å². The van der Waals surface area contributed by atoms with E-state index in [1.807, 2.05) is 6.92 Å². The summed E-state index contributed by atoms with van der Waals surface area (Å²) in [4.78, 5) is 4.11. The lowest BCUT2D eigenvalue weighted by Gasteiger charge is -2.06. The van der Waals surface area contributed by atoms with Gasteiger partial charge in [0.25, 0.3) is 0 Å². The van der Waals surface area contributed by atoms with Gasteiger partial charge in [0.2, 0.25) is 0 Å². The van der Waals surface area contributed by atoms with E-state index in [0.717, 1.165) is 12.8 Å². The highest BCUT2D eigenvalue weighted by atomic mass is 32.1. The third-order valence-electron chi connectivity index (χ3n) is 3.21. The van der Waals surface area contributed by atoms with Crippen LogP contribution >= 0.6 is 11.3 Å². The fraction of sp³-hybridized carbons (Fsp3) is 0.769. The maximum absolute atomic E-state index is 13.0. The van der Waals surface area contributed by atoms with E-state index in [1.54, 1.807) is 0 Å². The zero-order chi connectivity index (χ0) is 14.6. The fourth-order valence-electron chi connectivity index (χ4n) is 2.20. The summed E-state index contributed by atoms with van der Waals surface area (Å²) in [5.41, 5.74) is -0.722. The van der Waals surface area contributed by atoms with Crippen molar-refractivity contribution in [1.82, 2.24) is 10.3 Å². The van der Waals surface area contributed by atoms with E-state index in [9.17, 15) is 13.2 Å². The molecule has 1 aromatic heterocycles. The maximum atomic E-state index is 13.0. The predicted molar refractivity (Wildman–Crippen MR) is 71.7 cm³/mol. The molecule has 20 heavy (non-hydrogen) atoms. The second-order valence-corrected chi connectivity index (χ2v) is 6.16. The first kappa shape index (κ1) is 15.7. The monoisotopic (exact) mass is 308 g/mol. The van der Waals surface area contributed by atoms with Crippen LogP contribution in [-0.4, -0.2) is 24.7 Å². The summed E-state index contributed by atoms with van der Waals surface area (Å²) in [7, 11) is 0. The molecule has 0 spiro atoms. The standard InChI is InChI=1S/C13H19F3N2OS/c1-2-4-17-7-10-12(13(14,15)16)18-11(20-10)6-9-3-5-19-8-9/h9,17H,2-8H2,1H3. The van der Waals surface area contributed by atoms with E-state index in [4.69, 9.17) is 4.74 Å². The summed E-state index contributed by atoms with van der Waals surface area (Å²) in [6.07, 6.45) is -1.98. The number of hydrogen-bond donors (Lipinski definition) is 1. The average molecular weight is 308 g/mol. The van der Waals surface area contributed by atoms with Crippen molar-refractivity contribution in [3.05, 3.63) is 15.6 Å². The second-order valence-electron chi connectivity index (χ2n) is 4.99. The third-order valence-corrected chi connectivity index (χ3v) is 4.29. The topological polar surface area (TPSA) is 34.1 Å². The summed E-state index contributed by atoms with van der Waals surface area (Å²) in [5.74, 6) is 0.304. The molecule has 2 rings (SSSR count). The molecule has 1 aliphatic heterocycles. The minimum atomic E-state index is -4.37. The predicted octanol–water partition coefficient (Wildman–Crippen LogP) is 3.24. The smallest absolute Gasteiger partial charge is 0.381 e. The van der Waals surface area contributed by atoms with Gasteiger partial charge in [0.15, 0.2) is 5.69 Å². The summed E-state index contributed by atoms with van der Waals surface area (Å²) in [6, 6.07) is 0. The number of alkyl halides is 3. The van der Waals surface area contributed by atoms with E-state index >= 15 is 0 Å². The molecule has 7 heteroatoms. The second kappa shape index (κ2) is 6.87. The Kier molecular flexibility index (Phi) is 5.40. The molecule has 114 valence electrons. The van der Waals surface area contributed by atoms with E-state index in [1.165, 1.54) is 11.3 Å². The van der Waals surface area contributed by atoms with Gasteiger partial charge in [0.1, 0.15) is 0 Å². The Hall–Kier alpha value is -0.660. The van der Waals surface area contributed by atoms with Crippen molar-refractivity contribution >= 4 is 11.3 Å². The summed E-state index contributed by atoms with van der Waals surface area (Å²) in [5, 5.41) is 3.59. The van der Waals surface area contributed by atoms with Crippen molar-refractivity contribution in [2.75, 3.05) is 19.8 Å². The molecule has 1 saturated heterocycles. The fourth-order valence-corrected chi connectivity index (χ4v) is 3.37. The van der Waals surface area contributed by atoms with Crippen LogP contribution in [0.1, 0.15) is 35.3 Å². The van der Waals surface area contributed by atoms with Gasteiger partial charge in [-0.15, -0.1) is 11.3 Å². The molecule has 0 aromatic carbocycles. The van der Waals surface area contributed by atoms with Gasteiger partial charge < -0.3 is 10.1 Å². The number of thiazole rings is 1. The number of aromatic nitrogens is 1. The van der Waals surface area contributed by atoms with Gasteiger partial charge in [-0.2, -0.15) is 13.2 Å².